The molecule has 0 aliphatic heterocycles. The summed E-state index contributed by atoms with van der Waals surface area (Å²) >= 11 is 6.01. The van der Waals surface area contributed by atoms with Gasteiger partial charge in [-0.15, -0.1) is 24.0 Å². The van der Waals surface area contributed by atoms with Gasteiger partial charge >= 0.3 is 5.97 Å². The quantitative estimate of drug-likeness (QED) is 0.309. The van der Waals surface area contributed by atoms with E-state index in [9.17, 15) is 4.79 Å². The highest BCUT2D eigenvalue weighted by Crippen LogP contribution is 2.14. The smallest absolute Gasteiger partial charge is 0.310 e. The summed E-state index contributed by atoms with van der Waals surface area (Å²) in [5.74, 6) is 0.226. The fraction of sp³-hybridized carbons (Fsp3) is 0.600. The van der Waals surface area contributed by atoms with Gasteiger partial charge in [-0.25, -0.2) is 0 Å². The Balaban J connectivity index is 0.00000484. The van der Waals surface area contributed by atoms with Crippen LogP contribution in [0, 0.1) is 5.92 Å². The van der Waals surface area contributed by atoms with E-state index in [4.69, 9.17) is 16.3 Å². The van der Waals surface area contributed by atoms with E-state index in [1.54, 1.807) is 6.92 Å². The molecule has 1 heterocycles. The number of ether oxygens (including phenoxy) is 1. The maximum absolute atomic E-state index is 11.4. The third-order valence-corrected chi connectivity index (χ3v) is 3.50. The summed E-state index contributed by atoms with van der Waals surface area (Å²) in [6, 6.07) is 1.93. The van der Waals surface area contributed by atoms with Gasteiger partial charge in [0.1, 0.15) is 0 Å². The van der Waals surface area contributed by atoms with Crippen molar-refractivity contribution in [3.63, 3.8) is 0 Å². The highest BCUT2D eigenvalue weighted by Gasteiger charge is 2.14. The van der Waals surface area contributed by atoms with E-state index < -0.39 is 0 Å². The van der Waals surface area contributed by atoms with Crippen LogP contribution in [0.4, 0.5) is 0 Å². The second-order valence-corrected chi connectivity index (χ2v) is 5.67. The molecule has 1 atom stereocenters. The highest BCUT2D eigenvalue weighted by atomic mass is 127. The van der Waals surface area contributed by atoms with Crippen LogP contribution in [0.25, 0.3) is 0 Å². The second-order valence-electron chi connectivity index (χ2n) is 5.24. The van der Waals surface area contributed by atoms with E-state index in [2.05, 4.69) is 10.3 Å². The second kappa shape index (κ2) is 10.7. The van der Waals surface area contributed by atoms with Crippen LogP contribution in [-0.4, -0.2) is 48.6 Å². The monoisotopic (exact) mass is 456 g/mol. The van der Waals surface area contributed by atoms with Gasteiger partial charge in [-0.1, -0.05) is 18.5 Å². The van der Waals surface area contributed by atoms with Crippen LogP contribution in [-0.2, 0) is 23.1 Å². The first-order valence-electron chi connectivity index (χ1n) is 7.27. The molecule has 0 aromatic carbocycles. The lowest BCUT2D eigenvalue weighted by Gasteiger charge is -2.22. The van der Waals surface area contributed by atoms with Crippen molar-refractivity contribution < 1.29 is 9.53 Å². The fourth-order valence-corrected chi connectivity index (χ4v) is 2.28. The van der Waals surface area contributed by atoms with Crippen LogP contribution in [0.15, 0.2) is 17.3 Å². The highest BCUT2D eigenvalue weighted by molar-refractivity contribution is 14.0. The molecule has 1 aromatic rings. The Hall–Kier alpha value is -0.960. The van der Waals surface area contributed by atoms with Crippen molar-refractivity contribution in [2.75, 3.05) is 27.2 Å². The Morgan fingerprint density at radius 2 is 2.22 bits per heavy atom. The molecule has 0 saturated carbocycles. The molecule has 0 spiro atoms. The third-order valence-electron chi connectivity index (χ3n) is 3.29. The Kier molecular flexibility index (Phi) is 10.3. The molecule has 1 N–H and O–H groups in total. The average Bonchev–Trinajstić information content (AvgIpc) is 2.79. The standard InChI is InChI=1S/C15H25ClN4O2.HI/c1-6-17-15(18-8-11(2)14(21)22-5)20(4)10-13-7-12(16)9-19(13)3;/h7,9,11H,6,8,10H2,1-5H3,(H,17,18);1H. The van der Waals surface area contributed by atoms with E-state index in [0.29, 0.717) is 18.1 Å². The number of nitrogens with zero attached hydrogens (tertiary/aromatic N) is 3. The van der Waals surface area contributed by atoms with Crippen molar-refractivity contribution in [2.24, 2.45) is 18.0 Å². The first kappa shape index (κ1) is 22.0. The molecule has 0 aliphatic carbocycles. The molecule has 0 saturated heterocycles. The maximum atomic E-state index is 11.4. The number of carbonyl (C=O) groups excluding carboxylic acids is 1. The van der Waals surface area contributed by atoms with Crippen molar-refractivity contribution in [1.82, 2.24) is 14.8 Å². The molecule has 0 bridgehead atoms. The summed E-state index contributed by atoms with van der Waals surface area (Å²) in [5, 5.41) is 3.94. The summed E-state index contributed by atoms with van der Waals surface area (Å²) in [5.41, 5.74) is 1.08. The van der Waals surface area contributed by atoms with E-state index in [1.807, 2.05) is 42.7 Å². The van der Waals surface area contributed by atoms with E-state index in [-0.39, 0.29) is 35.9 Å². The Bertz CT molecular complexity index is 534. The van der Waals surface area contributed by atoms with Gasteiger partial charge in [0.2, 0.25) is 0 Å². The molecule has 132 valence electrons. The normalized spacial score (nSPS) is 12.3. The van der Waals surface area contributed by atoms with Crippen molar-refractivity contribution in [3.05, 3.63) is 23.0 Å². The molecule has 8 heteroatoms. The molecule has 0 aliphatic rings. The maximum Gasteiger partial charge on any atom is 0.310 e. The number of hydrogen-bond acceptors (Lipinski definition) is 3. The minimum absolute atomic E-state index is 0. The molecule has 1 unspecified atom stereocenters. The number of hydrogen-bond donors (Lipinski definition) is 1. The summed E-state index contributed by atoms with van der Waals surface area (Å²) in [6.45, 7) is 5.61. The zero-order chi connectivity index (χ0) is 16.7. The molecule has 1 aromatic heterocycles. The summed E-state index contributed by atoms with van der Waals surface area (Å²) in [7, 11) is 5.29. The Labute approximate surface area is 160 Å². The number of aliphatic imine (C=N–C) groups is 1. The Morgan fingerprint density at radius 3 is 2.70 bits per heavy atom. The summed E-state index contributed by atoms with van der Waals surface area (Å²) in [6.07, 6.45) is 1.87. The van der Waals surface area contributed by atoms with Crippen LogP contribution in [0.3, 0.4) is 0 Å². The van der Waals surface area contributed by atoms with Crippen molar-refractivity contribution in [2.45, 2.75) is 20.4 Å². The predicted molar refractivity (Wildman–Crippen MR) is 104 cm³/mol. The van der Waals surface area contributed by atoms with Gasteiger partial charge in [0, 0.05) is 32.5 Å². The third kappa shape index (κ3) is 6.99. The zero-order valence-electron chi connectivity index (χ0n) is 14.3. The molecule has 6 nitrogen and oxygen atoms in total. The Morgan fingerprint density at radius 1 is 1.57 bits per heavy atom. The molecule has 0 fully saturated rings. The minimum Gasteiger partial charge on any atom is -0.469 e. The van der Waals surface area contributed by atoms with Gasteiger partial charge in [-0.05, 0) is 13.0 Å². The lowest BCUT2D eigenvalue weighted by atomic mass is 10.2. The largest absolute Gasteiger partial charge is 0.469 e. The molecule has 0 radical (unpaired) electrons. The fourth-order valence-electron chi connectivity index (χ4n) is 2.01. The lowest BCUT2D eigenvalue weighted by molar-refractivity contribution is -0.144. The number of carbonyl (C=O) groups is 1. The van der Waals surface area contributed by atoms with Crippen molar-refractivity contribution in [3.8, 4) is 0 Å². The predicted octanol–water partition coefficient (Wildman–Crippen LogP) is 2.50. The van der Waals surface area contributed by atoms with Gasteiger partial charge in [-0.3, -0.25) is 9.79 Å². The number of halogens is 2. The van der Waals surface area contributed by atoms with Gasteiger partial charge in [0.15, 0.2) is 5.96 Å². The molecular weight excluding hydrogens is 431 g/mol. The van der Waals surface area contributed by atoms with Crippen molar-refractivity contribution in [1.29, 1.82) is 0 Å². The molecular formula is C15H26ClIN4O2. The molecule has 0 amide bonds. The van der Waals surface area contributed by atoms with Gasteiger partial charge in [0.25, 0.3) is 0 Å². The number of rotatable bonds is 6. The van der Waals surface area contributed by atoms with Gasteiger partial charge in [0.05, 0.1) is 31.1 Å². The van der Waals surface area contributed by atoms with Crippen LogP contribution >= 0.6 is 35.6 Å². The van der Waals surface area contributed by atoms with Crippen LogP contribution in [0.2, 0.25) is 5.02 Å². The van der Waals surface area contributed by atoms with Crippen molar-refractivity contribution >= 4 is 47.5 Å². The van der Waals surface area contributed by atoms with E-state index in [0.717, 1.165) is 18.2 Å². The first-order valence-corrected chi connectivity index (χ1v) is 7.64. The van der Waals surface area contributed by atoms with Gasteiger partial charge < -0.3 is 19.5 Å². The number of guanidine groups is 1. The number of methoxy groups -OCH3 is 1. The molecule has 23 heavy (non-hydrogen) atoms. The van der Waals surface area contributed by atoms with E-state index >= 15 is 0 Å². The van der Waals surface area contributed by atoms with E-state index in [1.165, 1.54) is 7.11 Å². The number of aromatic nitrogens is 1. The van der Waals surface area contributed by atoms with Crippen LogP contribution in [0.5, 0.6) is 0 Å². The topological polar surface area (TPSA) is 58.9 Å². The summed E-state index contributed by atoms with van der Waals surface area (Å²) < 4.78 is 6.70. The van der Waals surface area contributed by atoms with Gasteiger partial charge in [-0.2, -0.15) is 0 Å². The average molecular weight is 457 g/mol. The summed E-state index contributed by atoms with van der Waals surface area (Å²) in [4.78, 5) is 17.9. The zero-order valence-corrected chi connectivity index (χ0v) is 17.4. The number of aryl methyl sites for hydroxylation is 1. The number of nitrogens with one attached hydrogen (secondary N) is 1. The first-order chi connectivity index (χ1) is 10.4. The SMILES string of the molecule is CCNC(=NCC(C)C(=O)OC)N(C)Cc1cc(Cl)cn1C.I. The van der Waals surface area contributed by atoms with Crippen LogP contribution < -0.4 is 5.32 Å². The van der Waals surface area contributed by atoms with Crippen LogP contribution in [0.1, 0.15) is 19.5 Å². The lowest BCUT2D eigenvalue weighted by Crippen LogP contribution is -2.39. The molecule has 1 rings (SSSR count). The minimum atomic E-state index is -0.267. The number of esters is 1.